The lowest BCUT2D eigenvalue weighted by Crippen LogP contribution is -2.32. The third kappa shape index (κ3) is 5.98. The summed E-state index contributed by atoms with van der Waals surface area (Å²) in [5, 5.41) is -0.371. The van der Waals surface area contributed by atoms with Crippen molar-refractivity contribution < 1.29 is 27.8 Å². The summed E-state index contributed by atoms with van der Waals surface area (Å²) in [7, 11) is 0. The van der Waals surface area contributed by atoms with Crippen LogP contribution in [-0.4, -0.2) is 29.2 Å². The molecule has 8 heteroatoms. The third-order valence-corrected chi connectivity index (χ3v) is 5.65. The van der Waals surface area contributed by atoms with Crippen LogP contribution in [0.2, 0.25) is 0 Å². The summed E-state index contributed by atoms with van der Waals surface area (Å²) < 4.78 is 37.3. The molecule has 3 aromatic carbocycles. The Bertz CT molecular complexity index is 1180. The number of carbonyl (C=O) groups is 2. The lowest BCUT2D eigenvalue weighted by Gasteiger charge is -2.13. The van der Waals surface area contributed by atoms with E-state index in [1.807, 2.05) is 0 Å². The number of benzene rings is 3. The zero-order valence-electron chi connectivity index (χ0n) is 17.4. The number of carbonyl (C=O) groups excluding carboxylic acids is 2. The molecule has 0 spiro atoms. The van der Waals surface area contributed by atoms with E-state index in [0.717, 1.165) is 27.8 Å². The fourth-order valence-corrected chi connectivity index (χ4v) is 3.95. The van der Waals surface area contributed by atoms with Crippen LogP contribution >= 0.6 is 11.8 Å². The van der Waals surface area contributed by atoms with Gasteiger partial charge in [-0.1, -0.05) is 24.3 Å². The fourth-order valence-electron chi connectivity index (χ4n) is 3.08. The van der Waals surface area contributed by atoms with Crippen molar-refractivity contribution in [2.75, 3.05) is 13.2 Å². The molecular weight excluding hydrogens is 448 g/mol. The Kier molecular flexibility index (Phi) is 7.04. The normalized spacial score (nSPS) is 14.7. The highest BCUT2D eigenvalue weighted by Gasteiger charge is 2.34. The lowest BCUT2D eigenvalue weighted by molar-refractivity contribution is -0.123. The van der Waals surface area contributed by atoms with Gasteiger partial charge in [0.15, 0.2) is 0 Å². The SMILES string of the molecule is O=C1S/C(=C\c2ccc(OCc3cccc(F)c3)cc2)C(=O)N1CCOc1ccc(F)cc1. The van der Waals surface area contributed by atoms with Crippen molar-refractivity contribution in [3.05, 3.63) is 100 Å². The summed E-state index contributed by atoms with van der Waals surface area (Å²) in [4.78, 5) is 26.3. The van der Waals surface area contributed by atoms with E-state index in [4.69, 9.17) is 9.47 Å². The van der Waals surface area contributed by atoms with Crippen molar-refractivity contribution >= 4 is 29.0 Å². The highest BCUT2D eigenvalue weighted by atomic mass is 32.2. The molecule has 4 rings (SSSR count). The predicted molar refractivity (Wildman–Crippen MR) is 122 cm³/mol. The quantitative estimate of drug-likeness (QED) is 0.400. The topological polar surface area (TPSA) is 55.8 Å². The molecular formula is C25H19F2NO4S. The van der Waals surface area contributed by atoms with E-state index in [1.165, 1.54) is 36.4 Å². The molecule has 168 valence electrons. The second-order valence-corrected chi connectivity index (χ2v) is 8.12. The fraction of sp³-hybridized carbons (Fsp3) is 0.120. The molecule has 1 aliphatic rings. The summed E-state index contributed by atoms with van der Waals surface area (Å²) in [5.41, 5.74) is 1.46. The molecule has 0 bridgehead atoms. The number of hydrogen-bond acceptors (Lipinski definition) is 5. The van der Waals surface area contributed by atoms with Gasteiger partial charge in [0.05, 0.1) is 11.4 Å². The van der Waals surface area contributed by atoms with Crippen molar-refractivity contribution in [2.45, 2.75) is 6.61 Å². The molecule has 5 nitrogen and oxygen atoms in total. The molecule has 1 aliphatic heterocycles. The number of nitrogens with zero attached hydrogens (tertiary/aromatic N) is 1. The summed E-state index contributed by atoms with van der Waals surface area (Å²) in [6.45, 7) is 0.427. The number of halogens is 2. The zero-order chi connectivity index (χ0) is 23.2. The summed E-state index contributed by atoms with van der Waals surface area (Å²) in [5.74, 6) is -0.0211. The van der Waals surface area contributed by atoms with E-state index < -0.39 is 0 Å². The molecule has 0 aromatic heterocycles. The maximum atomic E-state index is 13.2. The number of hydrogen-bond donors (Lipinski definition) is 0. The molecule has 0 saturated carbocycles. The Morgan fingerprint density at radius 1 is 0.848 bits per heavy atom. The van der Waals surface area contributed by atoms with Crippen LogP contribution in [0.3, 0.4) is 0 Å². The molecule has 3 aromatic rings. The monoisotopic (exact) mass is 467 g/mol. The maximum Gasteiger partial charge on any atom is 0.293 e. The minimum absolute atomic E-state index is 0.0895. The van der Waals surface area contributed by atoms with E-state index in [1.54, 1.807) is 42.5 Å². The van der Waals surface area contributed by atoms with Crippen LogP contribution in [0.15, 0.2) is 77.7 Å². The van der Waals surface area contributed by atoms with Crippen molar-refractivity contribution in [1.29, 1.82) is 0 Å². The van der Waals surface area contributed by atoms with Crippen LogP contribution in [0.4, 0.5) is 13.6 Å². The molecule has 1 saturated heterocycles. The summed E-state index contributed by atoms with van der Waals surface area (Å²) >= 11 is 0.865. The standard InChI is InChI=1S/C25H19F2NO4S/c26-19-6-10-21(11-7-19)31-13-12-28-24(29)23(33-25(28)30)15-17-4-8-22(9-5-17)32-16-18-2-1-3-20(27)14-18/h1-11,14-15H,12-13,16H2/b23-15-. The molecule has 0 radical (unpaired) electrons. The molecule has 2 amide bonds. The van der Waals surface area contributed by atoms with Crippen molar-refractivity contribution in [3.63, 3.8) is 0 Å². The highest BCUT2D eigenvalue weighted by molar-refractivity contribution is 8.18. The van der Waals surface area contributed by atoms with Gasteiger partial charge in [-0.25, -0.2) is 8.78 Å². The van der Waals surface area contributed by atoms with Gasteiger partial charge in [-0.3, -0.25) is 14.5 Å². The first kappa shape index (κ1) is 22.5. The molecule has 0 N–H and O–H groups in total. The van der Waals surface area contributed by atoms with E-state index >= 15 is 0 Å². The predicted octanol–water partition coefficient (Wildman–Crippen LogP) is 5.66. The zero-order valence-corrected chi connectivity index (χ0v) is 18.2. The van der Waals surface area contributed by atoms with Crippen molar-refractivity contribution in [3.8, 4) is 11.5 Å². The van der Waals surface area contributed by atoms with Gasteiger partial charge in [0.1, 0.15) is 36.3 Å². The average molecular weight is 467 g/mol. The first-order valence-corrected chi connectivity index (χ1v) is 10.9. The lowest BCUT2D eigenvalue weighted by atomic mass is 10.2. The van der Waals surface area contributed by atoms with Gasteiger partial charge in [0.2, 0.25) is 0 Å². The van der Waals surface area contributed by atoms with Gasteiger partial charge in [-0.2, -0.15) is 0 Å². The van der Waals surface area contributed by atoms with Gasteiger partial charge in [-0.15, -0.1) is 0 Å². The minimum atomic E-state index is -0.390. The Labute approximate surface area is 193 Å². The molecule has 0 unspecified atom stereocenters. The van der Waals surface area contributed by atoms with E-state index in [0.29, 0.717) is 16.4 Å². The van der Waals surface area contributed by atoms with Gasteiger partial charge in [0.25, 0.3) is 11.1 Å². The van der Waals surface area contributed by atoms with E-state index in [2.05, 4.69) is 0 Å². The molecule has 0 aliphatic carbocycles. The van der Waals surface area contributed by atoms with Gasteiger partial charge in [0, 0.05) is 0 Å². The van der Waals surface area contributed by atoms with Crippen LogP contribution in [0.1, 0.15) is 11.1 Å². The number of imide groups is 1. The number of rotatable bonds is 8. The highest BCUT2D eigenvalue weighted by Crippen LogP contribution is 2.32. The van der Waals surface area contributed by atoms with Gasteiger partial charge in [-0.05, 0) is 77.5 Å². The van der Waals surface area contributed by atoms with Crippen LogP contribution in [0, 0.1) is 11.6 Å². The van der Waals surface area contributed by atoms with Crippen LogP contribution in [0.5, 0.6) is 11.5 Å². The molecule has 33 heavy (non-hydrogen) atoms. The Hall–Kier alpha value is -3.65. The van der Waals surface area contributed by atoms with Crippen LogP contribution < -0.4 is 9.47 Å². The number of ether oxygens (including phenoxy) is 2. The Morgan fingerprint density at radius 3 is 2.27 bits per heavy atom. The smallest absolute Gasteiger partial charge is 0.293 e. The largest absolute Gasteiger partial charge is 0.492 e. The Morgan fingerprint density at radius 2 is 1.55 bits per heavy atom. The molecule has 1 fully saturated rings. The van der Waals surface area contributed by atoms with Gasteiger partial charge >= 0.3 is 0 Å². The second kappa shape index (κ2) is 10.3. The summed E-state index contributed by atoms with van der Waals surface area (Å²) in [6, 6.07) is 18.7. The van der Waals surface area contributed by atoms with Crippen molar-refractivity contribution in [2.24, 2.45) is 0 Å². The molecule has 1 heterocycles. The van der Waals surface area contributed by atoms with Crippen molar-refractivity contribution in [1.82, 2.24) is 4.90 Å². The number of thioether (sulfide) groups is 1. The first-order chi connectivity index (χ1) is 16.0. The maximum absolute atomic E-state index is 13.2. The van der Waals surface area contributed by atoms with Gasteiger partial charge < -0.3 is 9.47 Å². The summed E-state index contributed by atoms with van der Waals surface area (Å²) in [6.07, 6.45) is 1.64. The second-order valence-electron chi connectivity index (χ2n) is 7.12. The van der Waals surface area contributed by atoms with Crippen LogP contribution in [-0.2, 0) is 11.4 Å². The van der Waals surface area contributed by atoms with Crippen LogP contribution in [0.25, 0.3) is 6.08 Å². The number of amides is 2. The average Bonchev–Trinajstić information content (AvgIpc) is 3.07. The first-order valence-electron chi connectivity index (χ1n) is 10.1. The third-order valence-electron chi connectivity index (χ3n) is 4.74. The Balaban J connectivity index is 1.32. The van der Waals surface area contributed by atoms with E-state index in [-0.39, 0.29) is 42.5 Å². The van der Waals surface area contributed by atoms with E-state index in [9.17, 15) is 18.4 Å². The minimum Gasteiger partial charge on any atom is -0.492 e. The molecule has 0 atom stereocenters.